The zero-order valence-electron chi connectivity index (χ0n) is 13.7. The molecule has 6 heteroatoms. The SMILES string of the molecule is Cc1[nH]c2ccc(F)cc2c1CC(=O)N(C)CC(C)(CO)CO. The summed E-state index contributed by atoms with van der Waals surface area (Å²) < 4.78 is 13.5. The first-order valence-corrected chi connectivity index (χ1v) is 7.52. The molecule has 0 fully saturated rings. The lowest BCUT2D eigenvalue weighted by Crippen LogP contribution is -2.42. The molecule has 2 aromatic rings. The van der Waals surface area contributed by atoms with Gasteiger partial charge < -0.3 is 20.1 Å². The number of hydrogen-bond donors (Lipinski definition) is 3. The van der Waals surface area contributed by atoms with E-state index in [4.69, 9.17) is 0 Å². The summed E-state index contributed by atoms with van der Waals surface area (Å²) in [5, 5.41) is 19.4. The monoisotopic (exact) mass is 322 g/mol. The molecule has 1 heterocycles. The van der Waals surface area contributed by atoms with Crippen molar-refractivity contribution in [1.29, 1.82) is 0 Å². The molecule has 5 nitrogen and oxygen atoms in total. The summed E-state index contributed by atoms with van der Waals surface area (Å²) in [6, 6.07) is 4.46. The Bertz CT molecular complexity index is 707. The van der Waals surface area contributed by atoms with Crippen LogP contribution in [0, 0.1) is 18.2 Å². The Morgan fingerprint density at radius 3 is 2.61 bits per heavy atom. The number of amides is 1. The van der Waals surface area contributed by atoms with Crippen LogP contribution < -0.4 is 0 Å². The number of aryl methyl sites for hydroxylation is 1. The van der Waals surface area contributed by atoms with E-state index in [9.17, 15) is 19.4 Å². The number of aliphatic hydroxyl groups excluding tert-OH is 2. The van der Waals surface area contributed by atoms with Crippen LogP contribution in [-0.4, -0.2) is 52.8 Å². The van der Waals surface area contributed by atoms with Crippen LogP contribution in [0.5, 0.6) is 0 Å². The van der Waals surface area contributed by atoms with Gasteiger partial charge in [0.1, 0.15) is 5.82 Å². The highest BCUT2D eigenvalue weighted by Gasteiger charge is 2.27. The van der Waals surface area contributed by atoms with Crippen LogP contribution in [0.15, 0.2) is 18.2 Å². The third-order valence-electron chi connectivity index (χ3n) is 4.22. The largest absolute Gasteiger partial charge is 0.396 e. The van der Waals surface area contributed by atoms with Gasteiger partial charge in [0.15, 0.2) is 0 Å². The van der Waals surface area contributed by atoms with E-state index in [1.165, 1.54) is 17.0 Å². The molecule has 1 aromatic carbocycles. The first-order valence-electron chi connectivity index (χ1n) is 7.52. The zero-order chi connectivity index (χ0) is 17.2. The van der Waals surface area contributed by atoms with E-state index in [1.54, 1.807) is 20.0 Å². The van der Waals surface area contributed by atoms with Gasteiger partial charge >= 0.3 is 0 Å². The summed E-state index contributed by atoms with van der Waals surface area (Å²) in [5.74, 6) is -0.488. The number of benzene rings is 1. The van der Waals surface area contributed by atoms with Gasteiger partial charge in [0.25, 0.3) is 0 Å². The number of carbonyl (C=O) groups is 1. The second kappa shape index (κ2) is 6.68. The maximum atomic E-state index is 13.5. The lowest BCUT2D eigenvalue weighted by atomic mass is 9.92. The zero-order valence-corrected chi connectivity index (χ0v) is 13.7. The minimum atomic E-state index is -0.744. The number of aliphatic hydroxyl groups is 2. The molecule has 0 saturated carbocycles. The van der Waals surface area contributed by atoms with E-state index in [0.717, 1.165) is 16.8 Å². The fraction of sp³-hybridized carbons (Fsp3) is 0.471. The molecule has 0 aliphatic carbocycles. The number of halogens is 1. The summed E-state index contributed by atoms with van der Waals surface area (Å²) in [4.78, 5) is 17.1. The van der Waals surface area contributed by atoms with Crippen LogP contribution in [0.2, 0.25) is 0 Å². The highest BCUT2D eigenvalue weighted by molar-refractivity contribution is 5.90. The molecule has 0 radical (unpaired) electrons. The minimum Gasteiger partial charge on any atom is -0.396 e. The van der Waals surface area contributed by atoms with Gasteiger partial charge in [-0.15, -0.1) is 0 Å². The van der Waals surface area contributed by atoms with Crippen molar-refractivity contribution < 1.29 is 19.4 Å². The Labute approximate surface area is 134 Å². The van der Waals surface area contributed by atoms with Gasteiger partial charge in [0.05, 0.1) is 19.6 Å². The number of aromatic nitrogens is 1. The molecule has 1 amide bonds. The maximum absolute atomic E-state index is 13.5. The molecule has 23 heavy (non-hydrogen) atoms. The van der Waals surface area contributed by atoms with Gasteiger partial charge in [-0.25, -0.2) is 4.39 Å². The number of carbonyl (C=O) groups excluding carboxylic acids is 1. The number of H-pyrrole nitrogens is 1. The Balaban J connectivity index is 2.20. The molecular weight excluding hydrogens is 299 g/mol. The quantitative estimate of drug-likeness (QED) is 0.756. The van der Waals surface area contributed by atoms with Crippen molar-refractivity contribution in [3.05, 3.63) is 35.3 Å². The molecule has 126 valence electrons. The van der Waals surface area contributed by atoms with Crippen molar-refractivity contribution in [3.8, 4) is 0 Å². The van der Waals surface area contributed by atoms with Gasteiger partial charge in [-0.1, -0.05) is 6.92 Å². The molecule has 0 spiro atoms. The average molecular weight is 322 g/mol. The third-order valence-corrected chi connectivity index (χ3v) is 4.22. The number of hydrogen-bond acceptors (Lipinski definition) is 3. The molecular formula is C17H23FN2O3. The number of aromatic amines is 1. The van der Waals surface area contributed by atoms with E-state index < -0.39 is 5.41 Å². The third kappa shape index (κ3) is 3.71. The first kappa shape index (κ1) is 17.4. The molecule has 0 aliphatic rings. The number of fused-ring (bicyclic) bond motifs is 1. The molecule has 2 rings (SSSR count). The maximum Gasteiger partial charge on any atom is 0.226 e. The second-order valence-electron chi connectivity index (χ2n) is 6.47. The van der Waals surface area contributed by atoms with Crippen molar-refractivity contribution in [2.45, 2.75) is 20.3 Å². The van der Waals surface area contributed by atoms with Crippen LogP contribution in [0.25, 0.3) is 10.9 Å². The van der Waals surface area contributed by atoms with Gasteiger partial charge in [0.2, 0.25) is 5.91 Å². The summed E-state index contributed by atoms with van der Waals surface area (Å²) in [7, 11) is 1.64. The smallest absolute Gasteiger partial charge is 0.226 e. The topological polar surface area (TPSA) is 76.6 Å². The Hall–Kier alpha value is -1.92. The Morgan fingerprint density at radius 1 is 1.35 bits per heavy atom. The van der Waals surface area contributed by atoms with E-state index in [-0.39, 0.29) is 37.9 Å². The van der Waals surface area contributed by atoms with Gasteiger partial charge in [0, 0.05) is 35.6 Å². The van der Waals surface area contributed by atoms with Gasteiger partial charge in [-0.05, 0) is 30.7 Å². The predicted molar refractivity (Wildman–Crippen MR) is 86.6 cm³/mol. The van der Waals surface area contributed by atoms with Crippen molar-refractivity contribution in [2.24, 2.45) is 5.41 Å². The van der Waals surface area contributed by atoms with Crippen LogP contribution in [0.1, 0.15) is 18.2 Å². The highest BCUT2D eigenvalue weighted by atomic mass is 19.1. The van der Waals surface area contributed by atoms with E-state index >= 15 is 0 Å². The summed E-state index contributed by atoms with van der Waals surface area (Å²) >= 11 is 0. The van der Waals surface area contributed by atoms with Crippen molar-refractivity contribution in [1.82, 2.24) is 9.88 Å². The van der Waals surface area contributed by atoms with Gasteiger partial charge in [-0.3, -0.25) is 4.79 Å². The molecule has 0 aliphatic heterocycles. The Morgan fingerprint density at radius 2 is 2.00 bits per heavy atom. The number of rotatable bonds is 6. The highest BCUT2D eigenvalue weighted by Crippen LogP contribution is 2.24. The Kier molecular flexibility index (Phi) is 5.06. The average Bonchev–Trinajstić information content (AvgIpc) is 2.82. The first-order chi connectivity index (χ1) is 10.8. The normalized spacial score (nSPS) is 11.9. The van der Waals surface area contributed by atoms with Crippen molar-refractivity contribution in [2.75, 3.05) is 26.8 Å². The van der Waals surface area contributed by atoms with Crippen LogP contribution in [0.4, 0.5) is 4.39 Å². The van der Waals surface area contributed by atoms with E-state index in [1.807, 2.05) is 6.92 Å². The molecule has 1 aromatic heterocycles. The summed E-state index contributed by atoms with van der Waals surface area (Å²) in [5.41, 5.74) is 1.65. The molecule has 0 bridgehead atoms. The van der Waals surface area contributed by atoms with Crippen LogP contribution in [0.3, 0.4) is 0 Å². The van der Waals surface area contributed by atoms with E-state index in [2.05, 4.69) is 4.98 Å². The number of nitrogens with one attached hydrogen (secondary N) is 1. The standard InChI is InChI=1S/C17H23FN2O3/c1-11-13(14-6-12(18)4-5-15(14)19-11)7-16(23)20(3)8-17(2,9-21)10-22/h4-6,19,21-22H,7-10H2,1-3H3. The van der Waals surface area contributed by atoms with Crippen molar-refractivity contribution in [3.63, 3.8) is 0 Å². The van der Waals surface area contributed by atoms with Crippen LogP contribution in [-0.2, 0) is 11.2 Å². The van der Waals surface area contributed by atoms with Crippen molar-refractivity contribution >= 4 is 16.8 Å². The van der Waals surface area contributed by atoms with Crippen LogP contribution >= 0.6 is 0 Å². The minimum absolute atomic E-state index is 0.138. The fourth-order valence-electron chi connectivity index (χ4n) is 2.68. The molecule has 3 N–H and O–H groups in total. The fourth-order valence-corrected chi connectivity index (χ4v) is 2.68. The summed E-state index contributed by atoms with van der Waals surface area (Å²) in [6.45, 7) is 3.39. The lowest BCUT2D eigenvalue weighted by molar-refractivity contribution is -0.131. The predicted octanol–water partition coefficient (Wildman–Crippen LogP) is 1.61. The summed E-state index contributed by atoms with van der Waals surface area (Å²) in [6.07, 6.45) is 0.138. The van der Waals surface area contributed by atoms with E-state index in [0.29, 0.717) is 5.39 Å². The molecule has 0 saturated heterocycles. The second-order valence-corrected chi connectivity index (χ2v) is 6.47. The number of nitrogens with zero attached hydrogens (tertiary/aromatic N) is 1. The number of likely N-dealkylation sites (N-methyl/N-ethyl adjacent to an activating group) is 1. The lowest BCUT2D eigenvalue weighted by Gasteiger charge is -2.30. The molecule has 0 atom stereocenters. The molecule has 0 unspecified atom stereocenters. The van der Waals surface area contributed by atoms with Gasteiger partial charge in [-0.2, -0.15) is 0 Å².